The molecule has 1 fully saturated rings. The molecule has 0 saturated heterocycles. The highest BCUT2D eigenvalue weighted by Gasteiger charge is 2.27. The van der Waals surface area contributed by atoms with E-state index < -0.39 is 4.92 Å². The van der Waals surface area contributed by atoms with Crippen LogP contribution in [0.5, 0.6) is 0 Å². The van der Waals surface area contributed by atoms with Gasteiger partial charge in [-0.1, -0.05) is 13.8 Å². The molecule has 1 aromatic rings. The van der Waals surface area contributed by atoms with Crippen LogP contribution in [0, 0.1) is 15.5 Å². The van der Waals surface area contributed by atoms with Crippen molar-refractivity contribution < 1.29 is 4.92 Å². The predicted octanol–water partition coefficient (Wildman–Crippen LogP) is 2.95. The number of aromatic nitrogens is 1. The molecule has 2 rings (SSSR count). The van der Waals surface area contributed by atoms with Gasteiger partial charge in [-0.25, -0.2) is 4.98 Å². The summed E-state index contributed by atoms with van der Waals surface area (Å²) in [7, 11) is 0. The third-order valence-corrected chi connectivity index (χ3v) is 3.73. The Morgan fingerprint density at radius 1 is 1.42 bits per heavy atom. The lowest BCUT2D eigenvalue weighted by atomic mass is 9.75. The monoisotopic (exact) mass is 264 g/mol. The molecule has 0 amide bonds. The number of hydrogen-bond acceptors (Lipinski definition) is 5. The molecule has 0 aromatic carbocycles. The van der Waals surface area contributed by atoms with E-state index in [2.05, 4.69) is 24.1 Å². The third-order valence-electron chi connectivity index (χ3n) is 3.73. The zero-order chi connectivity index (χ0) is 14.0. The number of pyridine rings is 1. The standard InChI is InChI=1S/C13H20N4O2/c1-13(2)5-3-9(4-6-13)15-12-8-10(17(18)19)7-11(14)16-12/h7-9H,3-6H2,1-2H3,(H3,14,15,16). The molecule has 1 aliphatic carbocycles. The fraction of sp³-hybridized carbons (Fsp3) is 0.615. The molecule has 0 spiro atoms. The van der Waals surface area contributed by atoms with Crippen molar-refractivity contribution in [2.75, 3.05) is 11.1 Å². The minimum Gasteiger partial charge on any atom is -0.383 e. The number of nitrogens with one attached hydrogen (secondary N) is 1. The second kappa shape index (κ2) is 5.03. The molecule has 0 aliphatic heterocycles. The number of anilines is 2. The van der Waals surface area contributed by atoms with Gasteiger partial charge < -0.3 is 11.1 Å². The van der Waals surface area contributed by atoms with E-state index in [4.69, 9.17) is 5.73 Å². The van der Waals surface area contributed by atoms with Gasteiger partial charge in [0.15, 0.2) is 0 Å². The number of nitro groups is 1. The molecule has 1 aromatic heterocycles. The quantitative estimate of drug-likeness (QED) is 0.646. The molecule has 104 valence electrons. The van der Waals surface area contributed by atoms with E-state index in [0.29, 0.717) is 17.3 Å². The largest absolute Gasteiger partial charge is 0.383 e. The molecular formula is C13H20N4O2. The highest BCUT2D eigenvalue weighted by atomic mass is 16.6. The zero-order valence-electron chi connectivity index (χ0n) is 11.3. The molecule has 3 N–H and O–H groups in total. The van der Waals surface area contributed by atoms with Gasteiger partial charge in [0.25, 0.3) is 5.69 Å². The van der Waals surface area contributed by atoms with E-state index >= 15 is 0 Å². The van der Waals surface area contributed by atoms with E-state index in [1.165, 1.54) is 12.1 Å². The van der Waals surface area contributed by atoms with Crippen molar-refractivity contribution >= 4 is 17.3 Å². The lowest BCUT2D eigenvalue weighted by molar-refractivity contribution is -0.384. The average Bonchev–Trinajstić information content (AvgIpc) is 2.31. The maximum Gasteiger partial charge on any atom is 0.276 e. The Morgan fingerprint density at radius 3 is 2.63 bits per heavy atom. The Kier molecular flexibility index (Phi) is 3.59. The molecule has 19 heavy (non-hydrogen) atoms. The van der Waals surface area contributed by atoms with Crippen LogP contribution in [0.2, 0.25) is 0 Å². The van der Waals surface area contributed by atoms with Crippen molar-refractivity contribution in [2.24, 2.45) is 5.41 Å². The summed E-state index contributed by atoms with van der Waals surface area (Å²) in [6, 6.07) is 3.03. The van der Waals surface area contributed by atoms with Gasteiger partial charge in [-0.15, -0.1) is 0 Å². The number of rotatable bonds is 3. The van der Waals surface area contributed by atoms with Crippen molar-refractivity contribution in [3.05, 3.63) is 22.2 Å². The molecule has 0 radical (unpaired) electrons. The first kappa shape index (κ1) is 13.6. The molecular weight excluding hydrogens is 244 g/mol. The maximum absolute atomic E-state index is 10.8. The van der Waals surface area contributed by atoms with E-state index in [0.717, 1.165) is 25.7 Å². The summed E-state index contributed by atoms with van der Waals surface area (Å²) in [5.41, 5.74) is 5.96. The smallest absolute Gasteiger partial charge is 0.276 e. The summed E-state index contributed by atoms with van der Waals surface area (Å²) in [5, 5.41) is 14.0. The molecule has 0 unspecified atom stereocenters. The summed E-state index contributed by atoms with van der Waals surface area (Å²) in [6.07, 6.45) is 4.40. The SMILES string of the molecule is CC1(C)CCC(Nc2cc([N+](=O)[O-])cc(N)n2)CC1. The van der Waals surface area contributed by atoms with Crippen molar-refractivity contribution in [2.45, 2.75) is 45.6 Å². The highest BCUT2D eigenvalue weighted by Crippen LogP contribution is 2.36. The zero-order valence-corrected chi connectivity index (χ0v) is 11.3. The van der Waals surface area contributed by atoms with Crippen LogP contribution in [0.15, 0.2) is 12.1 Å². The van der Waals surface area contributed by atoms with E-state index in [1.807, 2.05) is 0 Å². The van der Waals surface area contributed by atoms with Gasteiger partial charge in [-0.3, -0.25) is 10.1 Å². The van der Waals surface area contributed by atoms with Crippen LogP contribution in [-0.2, 0) is 0 Å². The Balaban J connectivity index is 2.05. The summed E-state index contributed by atoms with van der Waals surface area (Å²) >= 11 is 0. The van der Waals surface area contributed by atoms with Crippen LogP contribution in [0.3, 0.4) is 0 Å². The topological polar surface area (TPSA) is 94.1 Å². The van der Waals surface area contributed by atoms with Gasteiger partial charge in [-0.2, -0.15) is 0 Å². The summed E-state index contributed by atoms with van der Waals surface area (Å²) in [5.74, 6) is 0.671. The van der Waals surface area contributed by atoms with Crippen LogP contribution in [-0.4, -0.2) is 15.9 Å². The molecule has 1 heterocycles. The van der Waals surface area contributed by atoms with Crippen molar-refractivity contribution in [1.82, 2.24) is 4.98 Å². The minimum atomic E-state index is -0.451. The van der Waals surface area contributed by atoms with Gasteiger partial charge in [0.2, 0.25) is 0 Å². The van der Waals surface area contributed by atoms with Crippen molar-refractivity contribution in [1.29, 1.82) is 0 Å². The number of nitrogen functional groups attached to an aromatic ring is 1. The van der Waals surface area contributed by atoms with Gasteiger partial charge in [0.1, 0.15) is 11.6 Å². The summed E-state index contributed by atoms with van der Waals surface area (Å²) in [6.45, 7) is 4.54. The Bertz CT molecular complexity index is 478. The fourth-order valence-corrected chi connectivity index (χ4v) is 2.47. The van der Waals surface area contributed by atoms with Crippen LogP contribution < -0.4 is 11.1 Å². The molecule has 6 heteroatoms. The van der Waals surface area contributed by atoms with Crippen molar-refractivity contribution in [3.63, 3.8) is 0 Å². The lowest BCUT2D eigenvalue weighted by Gasteiger charge is -2.34. The van der Waals surface area contributed by atoms with Gasteiger partial charge in [0.05, 0.1) is 17.1 Å². The first-order valence-electron chi connectivity index (χ1n) is 6.54. The fourth-order valence-electron chi connectivity index (χ4n) is 2.47. The number of nitrogens with two attached hydrogens (primary N) is 1. The first-order valence-corrected chi connectivity index (χ1v) is 6.54. The second-order valence-electron chi connectivity index (χ2n) is 5.98. The summed E-state index contributed by atoms with van der Waals surface area (Å²) in [4.78, 5) is 14.4. The van der Waals surface area contributed by atoms with Crippen molar-refractivity contribution in [3.8, 4) is 0 Å². The van der Waals surface area contributed by atoms with Crippen LogP contribution >= 0.6 is 0 Å². The van der Waals surface area contributed by atoms with Gasteiger partial charge >= 0.3 is 0 Å². The van der Waals surface area contributed by atoms with E-state index in [-0.39, 0.29) is 11.5 Å². The van der Waals surface area contributed by atoms with Gasteiger partial charge in [0, 0.05) is 6.04 Å². The Hall–Kier alpha value is -1.85. The van der Waals surface area contributed by atoms with E-state index in [9.17, 15) is 10.1 Å². The summed E-state index contributed by atoms with van der Waals surface area (Å²) < 4.78 is 0. The number of nitrogens with zero attached hydrogens (tertiary/aromatic N) is 2. The average molecular weight is 264 g/mol. The molecule has 6 nitrogen and oxygen atoms in total. The third kappa shape index (κ3) is 3.56. The van der Waals surface area contributed by atoms with Crippen LogP contribution in [0.4, 0.5) is 17.3 Å². The second-order valence-corrected chi connectivity index (χ2v) is 5.98. The van der Waals surface area contributed by atoms with Crippen LogP contribution in [0.1, 0.15) is 39.5 Å². The normalized spacial score (nSPS) is 19.1. The van der Waals surface area contributed by atoms with Crippen LogP contribution in [0.25, 0.3) is 0 Å². The van der Waals surface area contributed by atoms with E-state index in [1.54, 1.807) is 0 Å². The minimum absolute atomic E-state index is 0.0221. The lowest BCUT2D eigenvalue weighted by Crippen LogP contribution is -2.30. The molecule has 0 bridgehead atoms. The number of hydrogen-bond donors (Lipinski definition) is 2. The molecule has 0 atom stereocenters. The molecule has 1 saturated carbocycles. The maximum atomic E-state index is 10.8. The Labute approximate surface area is 112 Å². The highest BCUT2D eigenvalue weighted by molar-refractivity contribution is 5.53. The first-order chi connectivity index (χ1) is 8.85. The predicted molar refractivity (Wildman–Crippen MR) is 75.0 cm³/mol. The Morgan fingerprint density at radius 2 is 2.05 bits per heavy atom. The van der Waals surface area contributed by atoms with Gasteiger partial charge in [-0.05, 0) is 31.1 Å². The molecule has 1 aliphatic rings.